The average molecular weight is 477 g/mol. The molecule has 3 aromatic rings. The molecule has 0 aliphatic heterocycles. The van der Waals surface area contributed by atoms with Crippen molar-refractivity contribution in [3.05, 3.63) is 48.0 Å². The van der Waals surface area contributed by atoms with Gasteiger partial charge in [0.25, 0.3) is 0 Å². The first kappa shape index (κ1) is 24.3. The SMILES string of the molecule is CCOc1ccc2c(C(N)=NC(C)=O)c(-c3ccc(NC(=O)OC(C)C)cc3)n(C3CCC3)c2c1. The van der Waals surface area contributed by atoms with E-state index in [1.165, 1.54) is 6.92 Å². The first-order chi connectivity index (χ1) is 16.8. The number of benzene rings is 2. The summed E-state index contributed by atoms with van der Waals surface area (Å²) in [5, 5.41) is 3.66. The van der Waals surface area contributed by atoms with E-state index < -0.39 is 6.09 Å². The number of aromatic nitrogens is 1. The van der Waals surface area contributed by atoms with Crippen molar-refractivity contribution >= 4 is 34.4 Å². The molecule has 0 spiro atoms. The van der Waals surface area contributed by atoms with Crippen LogP contribution in [0.15, 0.2) is 47.5 Å². The largest absolute Gasteiger partial charge is 0.494 e. The van der Waals surface area contributed by atoms with Gasteiger partial charge in [-0.2, -0.15) is 4.99 Å². The molecule has 2 amide bonds. The summed E-state index contributed by atoms with van der Waals surface area (Å²) in [6.45, 7) is 7.51. The van der Waals surface area contributed by atoms with Gasteiger partial charge in [0, 0.05) is 30.1 Å². The van der Waals surface area contributed by atoms with Gasteiger partial charge in [-0.1, -0.05) is 12.1 Å². The van der Waals surface area contributed by atoms with Gasteiger partial charge < -0.3 is 19.8 Å². The summed E-state index contributed by atoms with van der Waals surface area (Å²) in [6.07, 6.45) is 2.56. The molecule has 2 aromatic carbocycles. The second-order valence-electron chi connectivity index (χ2n) is 8.96. The maximum atomic E-state index is 12.0. The second-order valence-corrected chi connectivity index (χ2v) is 8.96. The van der Waals surface area contributed by atoms with Gasteiger partial charge in [-0.3, -0.25) is 10.1 Å². The van der Waals surface area contributed by atoms with E-state index in [1.807, 2.05) is 49.4 Å². The summed E-state index contributed by atoms with van der Waals surface area (Å²) in [4.78, 5) is 27.9. The Balaban J connectivity index is 1.88. The topological polar surface area (TPSA) is 108 Å². The molecule has 0 saturated heterocycles. The molecule has 1 heterocycles. The Morgan fingerprint density at radius 1 is 1.17 bits per heavy atom. The predicted molar refractivity (Wildman–Crippen MR) is 138 cm³/mol. The van der Waals surface area contributed by atoms with E-state index in [4.69, 9.17) is 15.2 Å². The number of amides is 2. The normalized spacial score (nSPS) is 14.1. The van der Waals surface area contributed by atoms with Crippen LogP contribution in [0.2, 0.25) is 0 Å². The van der Waals surface area contributed by atoms with E-state index in [9.17, 15) is 9.59 Å². The number of rotatable bonds is 7. The van der Waals surface area contributed by atoms with E-state index in [-0.39, 0.29) is 17.8 Å². The minimum Gasteiger partial charge on any atom is -0.494 e. The number of anilines is 1. The van der Waals surface area contributed by atoms with Crippen LogP contribution in [-0.2, 0) is 9.53 Å². The molecule has 0 radical (unpaired) electrons. The third-order valence-electron chi connectivity index (χ3n) is 6.01. The quantitative estimate of drug-likeness (QED) is 0.339. The minimum atomic E-state index is -0.502. The first-order valence-corrected chi connectivity index (χ1v) is 12.0. The number of hydrogen-bond acceptors (Lipinski definition) is 4. The molecule has 8 nitrogen and oxygen atoms in total. The van der Waals surface area contributed by atoms with E-state index >= 15 is 0 Å². The Bertz CT molecular complexity index is 1270. The van der Waals surface area contributed by atoms with Crippen LogP contribution in [-0.4, -0.2) is 35.1 Å². The smallest absolute Gasteiger partial charge is 0.411 e. The van der Waals surface area contributed by atoms with Crippen molar-refractivity contribution in [3.8, 4) is 17.0 Å². The van der Waals surface area contributed by atoms with Crippen molar-refractivity contribution in [1.82, 2.24) is 4.57 Å². The maximum Gasteiger partial charge on any atom is 0.411 e. The van der Waals surface area contributed by atoms with Crippen molar-refractivity contribution in [3.63, 3.8) is 0 Å². The van der Waals surface area contributed by atoms with Crippen molar-refractivity contribution < 1.29 is 19.1 Å². The lowest BCUT2D eigenvalue weighted by Crippen LogP contribution is -2.20. The summed E-state index contributed by atoms with van der Waals surface area (Å²) in [7, 11) is 0. The zero-order chi connectivity index (χ0) is 25.1. The summed E-state index contributed by atoms with van der Waals surface area (Å²) in [6, 6.07) is 13.8. The van der Waals surface area contributed by atoms with Crippen molar-refractivity contribution in [2.45, 2.75) is 59.1 Å². The molecule has 1 fully saturated rings. The van der Waals surface area contributed by atoms with Crippen LogP contribution < -0.4 is 15.8 Å². The third-order valence-corrected chi connectivity index (χ3v) is 6.01. The Morgan fingerprint density at radius 2 is 1.89 bits per heavy atom. The molecular formula is C27H32N4O4. The van der Waals surface area contributed by atoms with E-state index in [1.54, 1.807) is 13.8 Å². The minimum absolute atomic E-state index is 0.183. The summed E-state index contributed by atoms with van der Waals surface area (Å²) < 4.78 is 13.2. The van der Waals surface area contributed by atoms with Crippen LogP contribution in [0.25, 0.3) is 22.2 Å². The fraction of sp³-hybridized carbons (Fsp3) is 0.370. The van der Waals surface area contributed by atoms with Crippen LogP contribution in [0.1, 0.15) is 58.6 Å². The van der Waals surface area contributed by atoms with Gasteiger partial charge >= 0.3 is 6.09 Å². The molecule has 184 valence electrons. The lowest BCUT2D eigenvalue weighted by molar-refractivity contribution is -0.115. The number of nitrogens with zero attached hydrogens (tertiary/aromatic N) is 2. The Labute approximate surface area is 205 Å². The van der Waals surface area contributed by atoms with Crippen molar-refractivity contribution in [2.75, 3.05) is 11.9 Å². The highest BCUT2D eigenvalue weighted by atomic mass is 16.6. The maximum absolute atomic E-state index is 12.0. The Morgan fingerprint density at radius 3 is 2.46 bits per heavy atom. The number of aliphatic imine (C=N–C) groups is 1. The summed E-state index contributed by atoms with van der Waals surface area (Å²) >= 11 is 0. The van der Waals surface area contributed by atoms with Crippen LogP contribution in [0.5, 0.6) is 5.75 Å². The van der Waals surface area contributed by atoms with Gasteiger partial charge in [0.05, 0.1) is 29.5 Å². The number of carbonyl (C=O) groups excluding carboxylic acids is 2. The molecule has 35 heavy (non-hydrogen) atoms. The lowest BCUT2D eigenvalue weighted by Gasteiger charge is -2.30. The Kier molecular flexibility index (Phi) is 7.10. The van der Waals surface area contributed by atoms with Gasteiger partial charge in [-0.25, -0.2) is 4.79 Å². The standard InChI is InChI=1S/C27H32N4O4/c1-5-34-21-13-14-22-23(15-21)31(20-7-6-8-20)25(24(22)26(28)29-17(4)32)18-9-11-19(12-10-18)30-27(33)35-16(2)3/h9-16,20H,5-8H2,1-4H3,(H,30,33)(H2,28,29,32). The highest BCUT2D eigenvalue weighted by Gasteiger charge is 2.29. The number of hydrogen-bond donors (Lipinski definition) is 2. The molecule has 1 aliphatic rings. The number of fused-ring (bicyclic) bond motifs is 1. The van der Waals surface area contributed by atoms with E-state index in [0.29, 0.717) is 18.3 Å². The average Bonchev–Trinajstić information content (AvgIpc) is 3.06. The molecular weight excluding hydrogens is 444 g/mol. The van der Waals surface area contributed by atoms with Crippen LogP contribution in [0.4, 0.5) is 10.5 Å². The fourth-order valence-corrected chi connectivity index (χ4v) is 4.41. The Hall–Kier alpha value is -3.81. The second kappa shape index (κ2) is 10.2. The highest BCUT2D eigenvalue weighted by Crippen LogP contribution is 2.43. The highest BCUT2D eigenvalue weighted by molar-refractivity contribution is 6.17. The number of ether oxygens (including phenoxy) is 2. The number of nitrogens with two attached hydrogens (primary N) is 1. The van der Waals surface area contributed by atoms with Crippen molar-refractivity contribution in [1.29, 1.82) is 0 Å². The predicted octanol–water partition coefficient (Wildman–Crippen LogP) is 5.64. The summed E-state index contributed by atoms with van der Waals surface area (Å²) in [5.41, 5.74) is 10.6. The molecule has 1 aliphatic carbocycles. The first-order valence-electron chi connectivity index (χ1n) is 12.0. The van der Waals surface area contributed by atoms with Gasteiger partial charge in [-0.05, 0) is 69.9 Å². The molecule has 0 unspecified atom stereocenters. The molecule has 3 N–H and O–H groups in total. The fourth-order valence-electron chi connectivity index (χ4n) is 4.41. The molecule has 4 rings (SSSR count). The number of carbonyl (C=O) groups is 2. The van der Waals surface area contributed by atoms with Gasteiger partial charge in [0.2, 0.25) is 5.91 Å². The zero-order valence-electron chi connectivity index (χ0n) is 20.6. The third kappa shape index (κ3) is 5.16. The van der Waals surface area contributed by atoms with Gasteiger partial charge in [-0.15, -0.1) is 0 Å². The molecule has 8 heteroatoms. The van der Waals surface area contributed by atoms with E-state index in [0.717, 1.165) is 52.7 Å². The summed E-state index contributed by atoms with van der Waals surface area (Å²) in [5.74, 6) is 0.607. The number of nitrogens with one attached hydrogen (secondary N) is 1. The van der Waals surface area contributed by atoms with Crippen LogP contribution in [0.3, 0.4) is 0 Å². The lowest BCUT2D eigenvalue weighted by atomic mass is 9.92. The zero-order valence-corrected chi connectivity index (χ0v) is 20.6. The number of amidine groups is 1. The molecule has 0 bridgehead atoms. The van der Waals surface area contributed by atoms with Crippen molar-refractivity contribution in [2.24, 2.45) is 10.7 Å². The van der Waals surface area contributed by atoms with Gasteiger partial charge in [0.1, 0.15) is 11.6 Å². The monoisotopic (exact) mass is 476 g/mol. The molecule has 1 saturated carbocycles. The van der Waals surface area contributed by atoms with Crippen LogP contribution >= 0.6 is 0 Å². The molecule has 1 aromatic heterocycles. The molecule has 0 atom stereocenters. The van der Waals surface area contributed by atoms with E-state index in [2.05, 4.69) is 14.9 Å². The van der Waals surface area contributed by atoms with Crippen LogP contribution in [0, 0.1) is 0 Å². The van der Waals surface area contributed by atoms with Gasteiger partial charge in [0.15, 0.2) is 0 Å².